The summed E-state index contributed by atoms with van der Waals surface area (Å²) in [6.07, 6.45) is 0.880. The van der Waals surface area contributed by atoms with Crippen LogP contribution >= 0.6 is 0 Å². The van der Waals surface area contributed by atoms with Crippen LogP contribution in [-0.4, -0.2) is 9.78 Å². The van der Waals surface area contributed by atoms with E-state index in [2.05, 4.69) is 5.10 Å². The maximum absolute atomic E-state index is 13.3. The normalized spacial score (nSPS) is 10.7. The molecule has 0 aliphatic carbocycles. The molecule has 19 heavy (non-hydrogen) atoms. The number of halogens is 1. The molecule has 2 rings (SSSR count). The molecule has 1 aromatic heterocycles. The van der Waals surface area contributed by atoms with Gasteiger partial charge in [-0.25, -0.2) is 4.39 Å². The second kappa shape index (κ2) is 5.84. The van der Waals surface area contributed by atoms with E-state index in [1.54, 1.807) is 10.7 Å². The van der Waals surface area contributed by atoms with E-state index in [0.29, 0.717) is 24.5 Å². The molecule has 0 amide bonds. The van der Waals surface area contributed by atoms with Crippen LogP contribution in [0.4, 0.5) is 4.39 Å². The fraction of sp³-hybridized carbons (Fsp3) is 0.357. The number of rotatable bonds is 5. The quantitative estimate of drug-likeness (QED) is 0.899. The van der Waals surface area contributed by atoms with Gasteiger partial charge < -0.3 is 10.5 Å². The van der Waals surface area contributed by atoms with Gasteiger partial charge in [0.05, 0.1) is 11.4 Å². The molecular formula is C14H18FN3O. The molecule has 0 aliphatic heterocycles. The van der Waals surface area contributed by atoms with Crippen LogP contribution in [0, 0.1) is 5.82 Å². The molecular weight excluding hydrogens is 245 g/mol. The third-order valence-electron chi connectivity index (χ3n) is 2.94. The summed E-state index contributed by atoms with van der Waals surface area (Å²) >= 11 is 0. The van der Waals surface area contributed by atoms with Gasteiger partial charge in [0.25, 0.3) is 0 Å². The first kappa shape index (κ1) is 13.5. The average molecular weight is 263 g/mol. The Morgan fingerprint density at radius 1 is 1.32 bits per heavy atom. The minimum Gasteiger partial charge on any atom is -0.487 e. The van der Waals surface area contributed by atoms with Crippen molar-refractivity contribution in [1.29, 1.82) is 0 Å². The van der Waals surface area contributed by atoms with E-state index in [4.69, 9.17) is 10.5 Å². The lowest BCUT2D eigenvalue weighted by molar-refractivity contribution is 0.293. The molecule has 102 valence electrons. The van der Waals surface area contributed by atoms with Crippen molar-refractivity contribution >= 4 is 0 Å². The Hall–Kier alpha value is -1.88. The van der Waals surface area contributed by atoms with E-state index in [1.165, 1.54) is 12.1 Å². The van der Waals surface area contributed by atoms with Gasteiger partial charge in [-0.3, -0.25) is 4.68 Å². The Morgan fingerprint density at radius 2 is 2.11 bits per heavy atom. The molecule has 0 saturated heterocycles. The molecule has 0 bridgehead atoms. The summed E-state index contributed by atoms with van der Waals surface area (Å²) in [5, 5.41) is 4.34. The number of aryl methyl sites for hydroxylation is 2. The average Bonchev–Trinajstić information content (AvgIpc) is 2.76. The minimum atomic E-state index is -0.336. The highest BCUT2D eigenvalue weighted by Crippen LogP contribution is 2.18. The second-order valence-corrected chi connectivity index (χ2v) is 4.39. The number of nitrogens with two attached hydrogens (primary N) is 1. The first-order valence-electron chi connectivity index (χ1n) is 6.26. The molecule has 4 nitrogen and oxygen atoms in total. The number of hydrogen-bond acceptors (Lipinski definition) is 3. The summed E-state index contributed by atoms with van der Waals surface area (Å²) < 4.78 is 20.7. The first-order chi connectivity index (χ1) is 9.12. The molecule has 0 unspecified atom stereocenters. The lowest BCUT2D eigenvalue weighted by Gasteiger charge is -2.08. The van der Waals surface area contributed by atoms with Crippen molar-refractivity contribution < 1.29 is 9.13 Å². The Bertz CT molecular complexity index is 566. The minimum absolute atomic E-state index is 0.291. The zero-order chi connectivity index (χ0) is 13.8. The van der Waals surface area contributed by atoms with Gasteiger partial charge in [0.2, 0.25) is 0 Å². The first-order valence-corrected chi connectivity index (χ1v) is 6.26. The molecule has 0 saturated carbocycles. The number of aromatic nitrogens is 2. The summed E-state index contributed by atoms with van der Waals surface area (Å²) in [6.45, 7) is 2.70. The fourth-order valence-electron chi connectivity index (χ4n) is 1.86. The molecule has 5 heteroatoms. The van der Waals surface area contributed by atoms with Crippen LogP contribution in [0.15, 0.2) is 24.3 Å². The highest BCUT2D eigenvalue weighted by Gasteiger charge is 2.06. The van der Waals surface area contributed by atoms with Crippen molar-refractivity contribution in [3.8, 4) is 5.75 Å². The van der Waals surface area contributed by atoms with Crippen LogP contribution < -0.4 is 10.5 Å². The van der Waals surface area contributed by atoms with Gasteiger partial charge in [-0.05, 0) is 30.2 Å². The summed E-state index contributed by atoms with van der Waals surface area (Å²) in [5.41, 5.74) is 8.19. The fourth-order valence-corrected chi connectivity index (χ4v) is 1.86. The Labute approximate surface area is 112 Å². The zero-order valence-corrected chi connectivity index (χ0v) is 11.2. The van der Waals surface area contributed by atoms with Crippen LogP contribution in [0.25, 0.3) is 0 Å². The SMILES string of the molecule is CCc1cc(COc2cc(F)cc(CN)c2)n(C)n1. The number of nitrogens with zero attached hydrogens (tertiary/aromatic N) is 2. The topological polar surface area (TPSA) is 53.1 Å². The molecule has 0 radical (unpaired) electrons. The van der Waals surface area contributed by atoms with E-state index in [9.17, 15) is 4.39 Å². The van der Waals surface area contributed by atoms with Gasteiger partial charge in [-0.2, -0.15) is 5.10 Å². The van der Waals surface area contributed by atoms with E-state index in [-0.39, 0.29) is 5.82 Å². The third-order valence-corrected chi connectivity index (χ3v) is 2.94. The highest BCUT2D eigenvalue weighted by molar-refractivity contribution is 5.29. The van der Waals surface area contributed by atoms with Gasteiger partial charge in [0.1, 0.15) is 18.2 Å². The van der Waals surface area contributed by atoms with Crippen LogP contribution in [0.2, 0.25) is 0 Å². The monoisotopic (exact) mass is 263 g/mol. The van der Waals surface area contributed by atoms with Gasteiger partial charge >= 0.3 is 0 Å². The molecule has 1 heterocycles. The van der Waals surface area contributed by atoms with Gasteiger partial charge in [-0.15, -0.1) is 0 Å². The maximum Gasteiger partial charge on any atom is 0.130 e. The van der Waals surface area contributed by atoms with Crippen molar-refractivity contribution in [3.05, 3.63) is 47.0 Å². The van der Waals surface area contributed by atoms with Crippen molar-refractivity contribution in [1.82, 2.24) is 9.78 Å². The molecule has 0 atom stereocenters. The lowest BCUT2D eigenvalue weighted by Crippen LogP contribution is -2.04. The van der Waals surface area contributed by atoms with E-state index in [0.717, 1.165) is 17.8 Å². The van der Waals surface area contributed by atoms with E-state index >= 15 is 0 Å². The summed E-state index contributed by atoms with van der Waals surface area (Å²) in [5.74, 6) is 0.150. The number of hydrogen-bond donors (Lipinski definition) is 1. The Morgan fingerprint density at radius 3 is 2.74 bits per heavy atom. The molecule has 0 spiro atoms. The summed E-state index contributed by atoms with van der Waals surface area (Å²) in [7, 11) is 1.87. The highest BCUT2D eigenvalue weighted by atomic mass is 19.1. The van der Waals surface area contributed by atoms with E-state index < -0.39 is 0 Å². The maximum atomic E-state index is 13.3. The van der Waals surface area contributed by atoms with Crippen molar-refractivity contribution in [2.45, 2.75) is 26.5 Å². The van der Waals surface area contributed by atoms with Crippen LogP contribution in [0.3, 0.4) is 0 Å². The van der Waals surface area contributed by atoms with Crippen molar-refractivity contribution in [2.24, 2.45) is 12.8 Å². The van der Waals surface area contributed by atoms with Crippen LogP contribution in [0.1, 0.15) is 23.9 Å². The Balaban J connectivity index is 2.09. The Kier molecular flexibility index (Phi) is 4.16. The second-order valence-electron chi connectivity index (χ2n) is 4.39. The number of ether oxygens (including phenoxy) is 1. The third kappa shape index (κ3) is 3.32. The zero-order valence-electron chi connectivity index (χ0n) is 11.2. The largest absolute Gasteiger partial charge is 0.487 e. The molecule has 0 aliphatic rings. The molecule has 2 aromatic rings. The predicted octanol–water partition coefficient (Wildman–Crippen LogP) is 2.16. The van der Waals surface area contributed by atoms with Gasteiger partial charge in [0.15, 0.2) is 0 Å². The number of benzene rings is 1. The van der Waals surface area contributed by atoms with Crippen molar-refractivity contribution in [2.75, 3.05) is 0 Å². The van der Waals surface area contributed by atoms with Crippen LogP contribution in [-0.2, 0) is 26.6 Å². The molecule has 1 aromatic carbocycles. The van der Waals surface area contributed by atoms with E-state index in [1.807, 2.05) is 20.0 Å². The molecule has 2 N–H and O–H groups in total. The summed E-state index contributed by atoms with van der Waals surface area (Å²) in [4.78, 5) is 0. The predicted molar refractivity (Wildman–Crippen MR) is 71.2 cm³/mol. The standard InChI is InChI=1S/C14H18FN3O/c1-3-12-7-13(18(2)17-12)9-19-14-5-10(8-16)4-11(15)6-14/h4-7H,3,8-9,16H2,1-2H3. The smallest absolute Gasteiger partial charge is 0.130 e. The lowest BCUT2D eigenvalue weighted by atomic mass is 10.2. The van der Waals surface area contributed by atoms with Crippen LogP contribution in [0.5, 0.6) is 5.75 Å². The van der Waals surface area contributed by atoms with Crippen molar-refractivity contribution in [3.63, 3.8) is 0 Å². The van der Waals surface area contributed by atoms with Gasteiger partial charge in [-0.1, -0.05) is 6.92 Å². The van der Waals surface area contributed by atoms with Gasteiger partial charge in [0, 0.05) is 19.7 Å². The molecule has 0 fully saturated rings. The summed E-state index contributed by atoms with van der Waals surface area (Å²) in [6, 6.07) is 6.51.